The zero-order valence-electron chi connectivity index (χ0n) is 11.9. The van der Waals surface area contributed by atoms with Gasteiger partial charge in [0, 0.05) is 12.1 Å². The minimum absolute atomic E-state index is 0.191. The minimum Gasteiger partial charge on any atom is -0.332 e. The quantitative estimate of drug-likeness (QED) is 0.758. The van der Waals surface area contributed by atoms with Crippen molar-refractivity contribution in [2.24, 2.45) is 10.2 Å². The molecule has 0 aromatic carbocycles. The number of carbonyl (C=O) groups is 2. The average molecular weight is 280 g/mol. The number of nitrogens with zero attached hydrogens (tertiary/aromatic N) is 2. The fourth-order valence-electron chi connectivity index (χ4n) is 2.99. The predicted octanol–water partition coefficient (Wildman–Crippen LogP) is 3.52. The molecule has 2 aliphatic rings. The summed E-state index contributed by atoms with van der Waals surface area (Å²) in [5.41, 5.74) is 0. The topological polar surface area (TPSA) is 82.9 Å². The largest absolute Gasteiger partial charge is 0.359 e. The molecule has 6 nitrogen and oxygen atoms in total. The van der Waals surface area contributed by atoms with E-state index in [1.807, 2.05) is 0 Å². The lowest BCUT2D eigenvalue weighted by molar-refractivity contribution is 0.233. The number of hydrogen-bond acceptors (Lipinski definition) is 2. The first-order chi connectivity index (χ1) is 9.74. The molecule has 0 aliphatic heterocycles. The van der Waals surface area contributed by atoms with Gasteiger partial charge in [0.25, 0.3) is 0 Å². The van der Waals surface area contributed by atoms with Crippen molar-refractivity contribution in [3.8, 4) is 0 Å². The van der Waals surface area contributed by atoms with Crippen LogP contribution in [0.5, 0.6) is 0 Å². The van der Waals surface area contributed by atoms with E-state index in [1.54, 1.807) is 0 Å². The zero-order valence-corrected chi connectivity index (χ0v) is 11.9. The van der Waals surface area contributed by atoms with Gasteiger partial charge in [-0.05, 0) is 25.7 Å². The third-order valence-electron chi connectivity index (χ3n) is 4.10. The van der Waals surface area contributed by atoms with E-state index in [4.69, 9.17) is 0 Å². The van der Waals surface area contributed by atoms with Crippen LogP contribution in [-0.4, -0.2) is 24.1 Å². The summed E-state index contributed by atoms with van der Waals surface area (Å²) in [5.74, 6) is 0. The Hall–Kier alpha value is -1.46. The van der Waals surface area contributed by atoms with E-state index in [9.17, 15) is 9.59 Å². The molecule has 2 aliphatic carbocycles. The molecule has 0 aromatic rings. The van der Waals surface area contributed by atoms with Crippen LogP contribution in [-0.2, 0) is 0 Å². The minimum atomic E-state index is -0.504. The summed E-state index contributed by atoms with van der Waals surface area (Å²) in [7, 11) is 0. The third-order valence-corrected chi connectivity index (χ3v) is 4.10. The molecule has 0 unspecified atom stereocenters. The Balaban J connectivity index is 1.67. The van der Waals surface area contributed by atoms with E-state index in [1.165, 1.54) is 12.8 Å². The summed E-state index contributed by atoms with van der Waals surface area (Å²) >= 11 is 0. The summed E-state index contributed by atoms with van der Waals surface area (Å²) in [6.45, 7) is 0. The normalized spacial score (nSPS) is 21.8. The summed E-state index contributed by atoms with van der Waals surface area (Å²) in [5, 5.41) is 12.5. The lowest BCUT2D eigenvalue weighted by atomic mass is 9.96. The number of hydrogen-bond donors (Lipinski definition) is 2. The van der Waals surface area contributed by atoms with Crippen LogP contribution in [0, 0.1) is 0 Å². The Kier molecular flexibility index (Phi) is 5.95. The first-order valence-electron chi connectivity index (χ1n) is 7.77. The average Bonchev–Trinajstić information content (AvgIpc) is 2.47. The van der Waals surface area contributed by atoms with Gasteiger partial charge in [-0.3, -0.25) is 0 Å². The van der Waals surface area contributed by atoms with Crippen molar-refractivity contribution in [2.45, 2.75) is 76.3 Å². The molecule has 112 valence electrons. The molecule has 2 N–H and O–H groups in total. The Morgan fingerprint density at radius 2 is 1.00 bits per heavy atom. The maximum atomic E-state index is 11.6. The van der Waals surface area contributed by atoms with E-state index in [0.717, 1.165) is 51.4 Å². The number of urea groups is 2. The third kappa shape index (κ3) is 5.27. The van der Waals surface area contributed by atoms with Crippen LogP contribution in [0.25, 0.3) is 0 Å². The van der Waals surface area contributed by atoms with Crippen molar-refractivity contribution in [1.29, 1.82) is 0 Å². The standard InChI is InChI=1S/C14H24N4O2/c19-13(15-11-7-3-1-4-8-11)17-18-14(20)16-12-9-5-2-6-10-12/h11-12H,1-10H2,(H,15,19)(H,16,20). The van der Waals surface area contributed by atoms with Gasteiger partial charge in [-0.2, -0.15) is 0 Å². The molecule has 4 amide bonds. The van der Waals surface area contributed by atoms with Crippen LogP contribution in [0.3, 0.4) is 0 Å². The van der Waals surface area contributed by atoms with Gasteiger partial charge in [0.05, 0.1) is 0 Å². The van der Waals surface area contributed by atoms with Gasteiger partial charge in [0.1, 0.15) is 0 Å². The van der Waals surface area contributed by atoms with E-state index in [2.05, 4.69) is 20.9 Å². The van der Waals surface area contributed by atoms with Crippen LogP contribution < -0.4 is 10.6 Å². The molecule has 0 atom stereocenters. The molecule has 2 saturated carbocycles. The highest BCUT2D eigenvalue weighted by molar-refractivity contribution is 5.79. The maximum absolute atomic E-state index is 11.6. The predicted molar refractivity (Wildman–Crippen MR) is 75.7 cm³/mol. The van der Waals surface area contributed by atoms with Gasteiger partial charge in [0.2, 0.25) is 0 Å². The number of amides is 4. The second-order valence-corrected chi connectivity index (χ2v) is 5.77. The lowest BCUT2D eigenvalue weighted by Crippen LogP contribution is -2.35. The number of carbonyl (C=O) groups excluding carboxylic acids is 2. The van der Waals surface area contributed by atoms with E-state index in [0.29, 0.717) is 0 Å². The lowest BCUT2D eigenvalue weighted by Gasteiger charge is -2.21. The molecule has 0 bridgehead atoms. The molecule has 0 saturated heterocycles. The van der Waals surface area contributed by atoms with E-state index >= 15 is 0 Å². The molecule has 20 heavy (non-hydrogen) atoms. The van der Waals surface area contributed by atoms with Crippen molar-refractivity contribution in [2.75, 3.05) is 0 Å². The molecular formula is C14H24N4O2. The highest BCUT2D eigenvalue weighted by Crippen LogP contribution is 2.18. The van der Waals surface area contributed by atoms with Crippen LogP contribution in [0.2, 0.25) is 0 Å². The molecule has 0 radical (unpaired) electrons. The van der Waals surface area contributed by atoms with Crippen LogP contribution in [0.1, 0.15) is 64.2 Å². The van der Waals surface area contributed by atoms with Crippen LogP contribution >= 0.6 is 0 Å². The maximum Gasteiger partial charge on any atom is 0.359 e. The highest BCUT2D eigenvalue weighted by atomic mass is 16.2. The molecule has 0 heterocycles. The second kappa shape index (κ2) is 7.97. The Morgan fingerprint density at radius 1 is 0.650 bits per heavy atom. The monoisotopic (exact) mass is 280 g/mol. The van der Waals surface area contributed by atoms with Crippen molar-refractivity contribution < 1.29 is 9.59 Å². The van der Waals surface area contributed by atoms with E-state index in [-0.39, 0.29) is 12.1 Å². The second-order valence-electron chi connectivity index (χ2n) is 5.77. The molecular weight excluding hydrogens is 256 g/mol. The fourth-order valence-corrected chi connectivity index (χ4v) is 2.99. The molecule has 6 heteroatoms. The Labute approximate surface area is 119 Å². The molecule has 2 fully saturated rings. The van der Waals surface area contributed by atoms with Gasteiger partial charge < -0.3 is 10.6 Å². The van der Waals surface area contributed by atoms with Gasteiger partial charge in [0.15, 0.2) is 0 Å². The summed E-state index contributed by atoms with van der Waals surface area (Å²) in [4.78, 5) is 23.1. The number of rotatable bonds is 2. The molecule has 2 rings (SSSR count). The van der Waals surface area contributed by atoms with Crippen molar-refractivity contribution in [1.82, 2.24) is 10.6 Å². The fraction of sp³-hybridized carbons (Fsp3) is 0.857. The smallest absolute Gasteiger partial charge is 0.332 e. The Bertz CT molecular complexity index is 324. The van der Waals surface area contributed by atoms with Crippen molar-refractivity contribution >= 4 is 12.1 Å². The SMILES string of the molecule is O=C(N=NC(=O)NC1CCCCC1)NC1CCCCC1. The van der Waals surface area contributed by atoms with Crippen LogP contribution in [0.4, 0.5) is 9.59 Å². The summed E-state index contributed by atoms with van der Waals surface area (Å²) in [6, 6.07) is -0.625. The highest BCUT2D eigenvalue weighted by Gasteiger charge is 2.17. The summed E-state index contributed by atoms with van der Waals surface area (Å²) < 4.78 is 0. The van der Waals surface area contributed by atoms with Gasteiger partial charge in [-0.25, -0.2) is 9.59 Å². The first-order valence-corrected chi connectivity index (χ1v) is 7.77. The zero-order chi connectivity index (χ0) is 14.2. The molecule has 0 aromatic heterocycles. The number of azo groups is 1. The van der Waals surface area contributed by atoms with Crippen molar-refractivity contribution in [3.63, 3.8) is 0 Å². The van der Waals surface area contributed by atoms with Gasteiger partial charge in [-0.1, -0.05) is 48.8 Å². The molecule has 0 spiro atoms. The van der Waals surface area contributed by atoms with Gasteiger partial charge >= 0.3 is 12.1 Å². The van der Waals surface area contributed by atoms with Crippen LogP contribution in [0.15, 0.2) is 10.2 Å². The Morgan fingerprint density at radius 3 is 1.35 bits per heavy atom. The number of nitrogens with one attached hydrogen (secondary N) is 2. The van der Waals surface area contributed by atoms with E-state index < -0.39 is 12.1 Å². The summed E-state index contributed by atoms with van der Waals surface area (Å²) in [6.07, 6.45) is 11.0. The first kappa shape index (κ1) is 14.9. The van der Waals surface area contributed by atoms with Gasteiger partial charge in [-0.15, -0.1) is 0 Å². The van der Waals surface area contributed by atoms with Crippen molar-refractivity contribution in [3.05, 3.63) is 0 Å².